The smallest absolute Gasteiger partial charge is 0.265 e. The van der Waals surface area contributed by atoms with Crippen LogP contribution < -0.4 is 21.1 Å². The van der Waals surface area contributed by atoms with E-state index in [1.54, 1.807) is 6.07 Å². The largest absolute Gasteiger partial charge is 0.478 e. The summed E-state index contributed by atoms with van der Waals surface area (Å²) >= 11 is 0. The Balaban J connectivity index is 2.07. The second-order valence-electron chi connectivity index (χ2n) is 5.44. The second-order valence-corrected chi connectivity index (χ2v) is 5.44. The molecule has 22 heavy (non-hydrogen) atoms. The van der Waals surface area contributed by atoms with Crippen molar-refractivity contribution >= 4 is 17.5 Å². The maximum Gasteiger partial charge on any atom is 0.265 e. The highest BCUT2D eigenvalue weighted by atomic mass is 16.5. The lowest BCUT2D eigenvalue weighted by Crippen LogP contribution is -2.36. The Morgan fingerprint density at radius 3 is 2.95 bits per heavy atom. The Bertz CT molecular complexity index is 560. The van der Waals surface area contributed by atoms with E-state index in [9.17, 15) is 9.59 Å². The molecule has 0 aromatic heterocycles. The number of benzene rings is 1. The molecule has 120 valence electrons. The van der Waals surface area contributed by atoms with E-state index in [4.69, 9.17) is 10.5 Å². The van der Waals surface area contributed by atoms with Gasteiger partial charge in [-0.2, -0.15) is 0 Å². The molecule has 1 aliphatic heterocycles. The van der Waals surface area contributed by atoms with E-state index in [2.05, 4.69) is 10.6 Å². The average Bonchev–Trinajstić information content (AvgIpc) is 2.51. The molecule has 1 aromatic carbocycles. The lowest BCUT2D eigenvalue weighted by atomic mass is 10.1. The summed E-state index contributed by atoms with van der Waals surface area (Å²) in [5.74, 6) is 0.509. The topological polar surface area (TPSA) is 93.4 Å². The molecule has 6 nitrogen and oxygen atoms in total. The predicted molar refractivity (Wildman–Crippen MR) is 84.6 cm³/mol. The molecule has 6 heteroatoms. The molecule has 2 unspecified atom stereocenters. The molecule has 0 saturated heterocycles. The van der Waals surface area contributed by atoms with Gasteiger partial charge in [0.15, 0.2) is 6.10 Å². The summed E-state index contributed by atoms with van der Waals surface area (Å²) in [6, 6.07) is 5.42. The van der Waals surface area contributed by atoms with Gasteiger partial charge in [0.1, 0.15) is 5.75 Å². The van der Waals surface area contributed by atoms with Crippen LogP contribution in [0.5, 0.6) is 5.75 Å². The zero-order chi connectivity index (χ0) is 16.1. The van der Waals surface area contributed by atoms with Crippen LogP contribution in [0, 0.1) is 0 Å². The maximum atomic E-state index is 11.8. The van der Waals surface area contributed by atoms with Gasteiger partial charge in [0, 0.05) is 6.42 Å². The van der Waals surface area contributed by atoms with Crippen LogP contribution in [0.2, 0.25) is 0 Å². The molecular formula is C16H23N3O3. The van der Waals surface area contributed by atoms with E-state index in [0.717, 1.165) is 5.56 Å². The summed E-state index contributed by atoms with van der Waals surface area (Å²) in [6.45, 7) is 4.33. The fraction of sp³-hybridized carbons (Fsp3) is 0.500. The van der Waals surface area contributed by atoms with Gasteiger partial charge in [-0.25, -0.2) is 0 Å². The number of fused-ring (bicyclic) bond motifs is 1. The Labute approximate surface area is 130 Å². The van der Waals surface area contributed by atoms with Crippen LogP contribution in [-0.4, -0.2) is 24.5 Å². The molecular weight excluding hydrogens is 282 g/mol. The average molecular weight is 305 g/mol. The quantitative estimate of drug-likeness (QED) is 0.746. The van der Waals surface area contributed by atoms with Crippen LogP contribution in [0.3, 0.4) is 0 Å². The normalized spacial score (nSPS) is 18.0. The first-order valence-corrected chi connectivity index (χ1v) is 7.66. The molecule has 0 radical (unpaired) electrons. The highest BCUT2D eigenvalue weighted by Gasteiger charge is 2.26. The van der Waals surface area contributed by atoms with Crippen molar-refractivity contribution in [3.8, 4) is 5.75 Å². The lowest BCUT2D eigenvalue weighted by molar-refractivity contribution is -0.123. The van der Waals surface area contributed by atoms with Crippen LogP contribution in [0.15, 0.2) is 18.2 Å². The first kappa shape index (κ1) is 16.3. The van der Waals surface area contributed by atoms with Gasteiger partial charge in [-0.15, -0.1) is 0 Å². The number of nitrogens with two attached hydrogens (primary N) is 1. The van der Waals surface area contributed by atoms with E-state index in [0.29, 0.717) is 37.2 Å². The van der Waals surface area contributed by atoms with Gasteiger partial charge in [0.25, 0.3) is 5.91 Å². The summed E-state index contributed by atoms with van der Waals surface area (Å²) in [5, 5.41) is 5.76. The first-order valence-electron chi connectivity index (χ1n) is 7.66. The summed E-state index contributed by atoms with van der Waals surface area (Å²) in [7, 11) is 0. The van der Waals surface area contributed by atoms with Gasteiger partial charge in [0.05, 0.1) is 11.7 Å². The number of hydrogen-bond donors (Lipinski definition) is 3. The van der Waals surface area contributed by atoms with Crippen molar-refractivity contribution in [1.82, 2.24) is 5.32 Å². The highest BCUT2D eigenvalue weighted by Crippen LogP contribution is 2.32. The predicted octanol–water partition coefficient (Wildman–Crippen LogP) is 1.71. The van der Waals surface area contributed by atoms with Gasteiger partial charge in [0.2, 0.25) is 5.91 Å². The number of ether oxygens (including phenoxy) is 1. The third kappa shape index (κ3) is 3.76. The lowest BCUT2D eigenvalue weighted by Gasteiger charge is -2.26. The number of carbonyl (C=O) groups is 2. The van der Waals surface area contributed by atoms with Crippen molar-refractivity contribution in [2.45, 2.75) is 45.3 Å². The molecule has 2 atom stereocenters. The Hall–Kier alpha value is -2.08. The number of anilines is 1. The van der Waals surface area contributed by atoms with Gasteiger partial charge >= 0.3 is 0 Å². The summed E-state index contributed by atoms with van der Waals surface area (Å²) in [6.07, 6.45) is 1.25. The van der Waals surface area contributed by atoms with Crippen LogP contribution in [-0.2, 0) is 9.59 Å². The first-order chi connectivity index (χ1) is 10.5. The fourth-order valence-electron chi connectivity index (χ4n) is 2.36. The maximum absolute atomic E-state index is 11.8. The monoisotopic (exact) mass is 305 g/mol. The van der Waals surface area contributed by atoms with Crippen LogP contribution in [0.4, 0.5) is 5.69 Å². The molecule has 2 amide bonds. The van der Waals surface area contributed by atoms with Crippen molar-refractivity contribution < 1.29 is 14.3 Å². The minimum absolute atomic E-state index is 0.0173. The van der Waals surface area contributed by atoms with Crippen molar-refractivity contribution in [2.24, 2.45) is 5.73 Å². The highest BCUT2D eigenvalue weighted by molar-refractivity contribution is 5.97. The molecule has 0 aliphatic carbocycles. The number of carbonyl (C=O) groups excluding carboxylic acids is 2. The number of amides is 2. The van der Waals surface area contributed by atoms with E-state index in [1.165, 1.54) is 0 Å². The standard InChI is InChI=1S/C16H23N3O3/c1-3-13-16(21)19-12-7-6-11(9-14(12)22-13)10(2)18-15(20)5-4-8-17/h6-7,9-10,13H,3-5,8,17H2,1-2H3,(H,18,20)(H,19,21). The molecule has 0 saturated carbocycles. The molecule has 2 rings (SSSR count). The molecule has 4 N–H and O–H groups in total. The van der Waals surface area contributed by atoms with Gasteiger partial charge in [-0.3, -0.25) is 9.59 Å². The van der Waals surface area contributed by atoms with Crippen LogP contribution in [0.1, 0.15) is 44.7 Å². The molecule has 0 spiro atoms. The van der Waals surface area contributed by atoms with Crippen molar-refractivity contribution in [3.63, 3.8) is 0 Å². The van der Waals surface area contributed by atoms with Gasteiger partial charge in [-0.05, 0) is 44.0 Å². The van der Waals surface area contributed by atoms with E-state index >= 15 is 0 Å². The molecule has 0 bridgehead atoms. The van der Waals surface area contributed by atoms with Crippen LogP contribution >= 0.6 is 0 Å². The third-order valence-corrected chi connectivity index (χ3v) is 3.68. The molecule has 1 aliphatic rings. The van der Waals surface area contributed by atoms with Gasteiger partial charge < -0.3 is 21.1 Å². The minimum atomic E-state index is -0.461. The Morgan fingerprint density at radius 1 is 1.50 bits per heavy atom. The van der Waals surface area contributed by atoms with Crippen molar-refractivity contribution in [2.75, 3.05) is 11.9 Å². The molecule has 1 heterocycles. The SMILES string of the molecule is CCC1Oc2cc(C(C)NC(=O)CCCN)ccc2NC1=O. The fourth-order valence-corrected chi connectivity index (χ4v) is 2.36. The number of rotatable bonds is 6. The summed E-state index contributed by atoms with van der Waals surface area (Å²) < 4.78 is 5.71. The minimum Gasteiger partial charge on any atom is -0.478 e. The zero-order valence-electron chi connectivity index (χ0n) is 13.0. The number of hydrogen-bond acceptors (Lipinski definition) is 4. The second kappa shape index (κ2) is 7.26. The molecule has 0 fully saturated rings. The van der Waals surface area contributed by atoms with Crippen LogP contribution in [0.25, 0.3) is 0 Å². The van der Waals surface area contributed by atoms with E-state index in [1.807, 2.05) is 26.0 Å². The Morgan fingerprint density at radius 2 is 2.27 bits per heavy atom. The van der Waals surface area contributed by atoms with Crippen molar-refractivity contribution in [1.29, 1.82) is 0 Å². The Kier molecular flexibility index (Phi) is 5.38. The summed E-state index contributed by atoms with van der Waals surface area (Å²) in [4.78, 5) is 23.5. The van der Waals surface area contributed by atoms with E-state index in [-0.39, 0.29) is 17.9 Å². The zero-order valence-corrected chi connectivity index (χ0v) is 13.0. The third-order valence-electron chi connectivity index (χ3n) is 3.68. The van der Waals surface area contributed by atoms with Gasteiger partial charge in [-0.1, -0.05) is 13.0 Å². The van der Waals surface area contributed by atoms with Crippen molar-refractivity contribution in [3.05, 3.63) is 23.8 Å². The number of nitrogens with one attached hydrogen (secondary N) is 2. The molecule has 1 aromatic rings. The van der Waals surface area contributed by atoms with E-state index < -0.39 is 6.10 Å². The summed E-state index contributed by atoms with van der Waals surface area (Å²) in [5.41, 5.74) is 7.00.